The van der Waals surface area contributed by atoms with Crippen molar-refractivity contribution >= 4 is 5.91 Å². The number of amides is 1. The summed E-state index contributed by atoms with van der Waals surface area (Å²) in [7, 11) is 0. The highest BCUT2D eigenvalue weighted by atomic mass is 16.5. The average Bonchev–Trinajstić information content (AvgIpc) is 3.32. The molecule has 0 N–H and O–H groups in total. The molecule has 1 saturated heterocycles. The minimum absolute atomic E-state index is 0.0470. The van der Waals surface area contributed by atoms with Gasteiger partial charge in [0, 0.05) is 18.0 Å². The molecule has 2 aromatic heterocycles. The van der Waals surface area contributed by atoms with Crippen LogP contribution in [-0.2, 0) is 11.2 Å². The highest BCUT2D eigenvalue weighted by molar-refractivity contribution is 5.95. The smallest absolute Gasteiger partial charge is 0.275 e. The van der Waals surface area contributed by atoms with Gasteiger partial charge in [0.1, 0.15) is 0 Å². The van der Waals surface area contributed by atoms with E-state index < -0.39 is 0 Å². The minimum atomic E-state index is -0.372. The second-order valence-electron chi connectivity index (χ2n) is 8.72. The standard InChI is InChI=1S/C20H25N5O3/c1-20(2)12-28-9-8-24(20)19(26)17-15-10-13-4-3-5-14(13)18(15)25(22-17)16-11-23(27)7-6-21-16/h6-7,11,13-14H,3-5,8-10,12H2,1-2H3/t13-,14-/m0/s1. The topological polar surface area (TPSA) is 87.2 Å². The van der Waals surface area contributed by atoms with E-state index in [1.165, 1.54) is 31.4 Å². The highest BCUT2D eigenvalue weighted by Gasteiger charge is 2.45. The van der Waals surface area contributed by atoms with Gasteiger partial charge in [0.15, 0.2) is 11.9 Å². The Morgan fingerprint density at radius 3 is 3.04 bits per heavy atom. The number of carbonyl (C=O) groups is 1. The lowest BCUT2D eigenvalue weighted by Crippen LogP contribution is -2.55. The van der Waals surface area contributed by atoms with Crippen LogP contribution < -0.4 is 4.73 Å². The second-order valence-corrected chi connectivity index (χ2v) is 8.72. The minimum Gasteiger partial charge on any atom is -0.619 e. The summed E-state index contributed by atoms with van der Waals surface area (Å²) in [5.41, 5.74) is 2.27. The molecule has 2 aliphatic carbocycles. The maximum Gasteiger partial charge on any atom is 0.275 e. The third kappa shape index (κ3) is 2.62. The van der Waals surface area contributed by atoms with Crippen molar-refractivity contribution in [2.24, 2.45) is 5.92 Å². The van der Waals surface area contributed by atoms with E-state index in [2.05, 4.69) is 4.98 Å². The van der Waals surface area contributed by atoms with Crippen molar-refractivity contribution in [3.63, 3.8) is 0 Å². The van der Waals surface area contributed by atoms with Gasteiger partial charge < -0.3 is 14.8 Å². The maximum atomic E-state index is 13.5. The van der Waals surface area contributed by atoms with Gasteiger partial charge in [-0.3, -0.25) is 4.79 Å². The lowest BCUT2D eigenvalue weighted by atomic mass is 9.99. The molecule has 1 amide bonds. The van der Waals surface area contributed by atoms with Gasteiger partial charge in [-0.05, 0) is 39.0 Å². The van der Waals surface area contributed by atoms with Crippen LogP contribution >= 0.6 is 0 Å². The summed E-state index contributed by atoms with van der Waals surface area (Å²) in [6.45, 7) is 5.66. The molecule has 148 valence electrons. The molecule has 0 aromatic carbocycles. The fraction of sp³-hybridized carbons (Fsp3) is 0.600. The molecule has 3 heterocycles. The first-order chi connectivity index (χ1) is 13.5. The number of aromatic nitrogens is 4. The Hall–Kier alpha value is -2.48. The van der Waals surface area contributed by atoms with E-state index >= 15 is 0 Å². The third-order valence-electron chi connectivity index (χ3n) is 6.47. The van der Waals surface area contributed by atoms with E-state index in [4.69, 9.17) is 9.84 Å². The molecule has 5 rings (SSSR count). The Morgan fingerprint density at radius 2 is 2.25 bits per heavy atom. The van der Waals surface area contributed by atoms with E-state index in [9.17, 15) is 10.0 Å². The van der Waals surface area contributed by atoms with Crippen LogP contribution in [-0.4, -0.2) is 50.9 Å². The summed E-state index contributed by atoms with van der Waals surface area (Å²) in [4.78, 5) is 19.7. The van der Waals surface area contributed by atoms with Gasteiger partial charge >= 0.3 is 0 Å². The largest absolute Gasteiger partial charge is 0.619 e. The van der Waals surface area contributed by atoms with Gasteiger partial charge in [-0.2, -0.15) is 9.83 Å². The van der Waals surface area contributed by atoms with Crippen LogP contribution in [0.1, 0.15) is 60.8 Å². The number of carbonyl (C=O) groups excluding carboxylic acids is 1. The predicted octanol–water partition coefficient (Wildman–Crippen LogP) is 1.59. The summed E-state index contributed by atoms with van der Waals surface area (Å²) in [6, 6.07) is 0. The van der Waals surface area contributed by atoms with Crippen LogP contribution in [0.15, 0.2) is 18.6 Å². The highest BCUT2D eigenvalue weighted by Crippen LogP contribution is 2.49. The summed E-state index contributed by atoms with van der Waals surface area (Å²) >= 11 is 0. The number of rotatable bonds is 2. The number of hydrogen-bond donors (Lipinski definition) is 0. The monoisotopic (exact) mass is 383 g/mol. The lowest BCUT2D eigenvalue weighted by Gasteiger charge is -2.41. The van der Waals surface area contributed by atoms with Crippen molar-refractivity contribution < 1.29 is 14.3 Å². The summed E-state index contributed by atoms with van der Waals surface area (Å²) in [5, 5.41) is 16.5. The van der Waals surface area contributed by atoms with Gasteiger partial charge in [0.05, 0.1) is 30.6 Å². The predicted molar refractivity (Wildman–Crippen MR) is 100 cm³/mol. The first-order valence-electron chi connectivity index (χ1n) is 10.0. The fourth-order valence-corrected chi connectivity index (χ4v) is 5.13. The molecule has 8 heteroatoms. The van der Waals surface area contributed by atoms with Crippen molar-refractivity contribution in [3.05, 3.63) is 40.7 Å². The molecule has 0 unspecified atom stereocenters. The first kappa shape index (κ1) is 17.6. The number of fused-ring (bicyclic) bond motifs is 3. The number of morpholine rings is 1. The normalized spacial score (nSPS) is 25.6. The Kier molecular flexibility index (Phi) is 3.94. The molecule has 2 aromatic rings. The van der Waals surface area contributed by atoms with E-state index in [-0.39, 0.29) is 11.4 Å². The van der Waals surface area contributed by atoms with E-state index in [0.717, 1.165) is 28.8 Å². The van der Waals surface area contributed by atoms with Crippen molar-refractivity contribution in [2.45, 2.75) is 51.0 Å². The zero-order chi connectivity index (χ0) is 19.5. The van der Waals surface area contributed by atoms with Crippen LogP contribution in [0, 0.1) is 11.1 Å². The zero-order valence-electron chi connectivity index (χ0n) is 16.3. The Morgan fingerprint density at radius 1 is 1.39 bits per heavy atom. The number of nitrogens with zero attached hydrogens (tertiary/aromatic N) is 5. The molecule has 0 radical (unpaired) electrons. The van der Waals surface area contributed by atoms with Gasteiger partial charge in [-0.15, -0.1) is 0 Å². The third-order valence-corrected chi connectivity index (χ3v) is 6.47. The van der Waals surface area contributed by atoms with Gasteiger partial charge in [0.2, 0.25) is 12.0 Å². The molecular formula is C20H25N5O3. The first-order valence-corrected chi connectivity index (χ1v) is 10.0. The molecule has 2 atom stereocenters. The molecule has 2 fully saturated rings. The van der Waals surface area contributed by atoms with Gasteiger partial charge in [-0.1, -0.05) is 6.42 Å². The van der Waals surface area contributed by atoms with Crippen LogP contribution in [0.3, 0.4) is 0 Å². The number of ether oxygens (including phenoxy) is 1. The van der Waals surface area contributed by atoms with Crippen molar-refractivity contribution in [1.29, 1.82) is 0 Å². The summed E-state index contributed by atoms with van der Waals surface area (Å²) < 4.78 is 8.05. The second kappa shape index (κ2) is 6.27. The molecular weight excluding hydrogens is 358 g/mol. The molecule has 1 saturated carbocycles. The molecule has 3 aliphatic rings. The number of hydrogen-bond acceptors (Lipinski definition) is 5. The van der Waals surface area contributed by atoms with Crippen molar-refractivity contribution in [3.8, 4) is 5.82 Å². The Labute approximate surface area is 163 Å². The average molecular weight is 383 g/mol. The van der Waals surface area contributed by atoms with Crippen LogP contribution in [0.2, 0.25) is 0 Å². The molecule has 28 heavy (non-hydrogen) atoms. The van der Waals surface area contributed by atoms with Gasteiger partial charge in [0.25, 0.3) is 5.91 Å². The molecule has 8 nitrogen and oxygen atoms in total. The quantitative estimate of drug-likeness (QED) is 0.581. The molecule has 1 aliphatic heterocycles. The van der Waals surface area contributed by atoms with Crippen LogP contribution in [0.25, 0.3) is 5.82 Å². The van der Waals surface area contributed by atoms with E-state index in [1.807, 2.05) is 18.7 Å². The Balaban J connectivity index is 1.62. The van der Waals surface area contributed by atoms with Crippen LogP contribution in [0.5, 0.6) is 0 Å². The Bertz CT molecular complexity index is 938. The SMILES string of the molecule is CC1(C)COCCN1C(=O)c1nn(-c2c[n+]([O-])ccn2)c2c1C[C@@H]1CCC[C@H]21. The fourth-order valence-electron chi connectivity index (χ4n) is 5.13. The zero-order valence-corrected chi connectivity index (χ0v) is 16.3. The summed E-state index contributed by atoms with van der Waals surface area (Å²) in [6.07, 6.45) is 8.62. The van der Waals surface area contributed by atoms with Crippen molar-refractivity contribution in [1.82, 2.24) is 19.7 Å². The summed E-state index contributed by atoms with van der Waals surface area (Å²) in [5.74, 6) is 1.38. The van der Waals surface area contributed by atoms with E-state index in [1.54, 1.807) is 4.68 Å². The molecule has 0 bridgehead atoms. The molecule has 0 spiro atoms. The maximum absolute atomic E-state index is 13.5. The lowest BCUT2D eigenvalue weighted by molar-refractivity contribution is -0.605. The van der Waals surface area contributed by atoms with Crippen molar-refractivity contribution in [2.75, 3.05) is 19.8 Å². The van der Waals surface area contributed by atoms with Crippen LogP contribution in [0.4, 0.5) is 0 Å². The van der Waals surface area contributed by atoms with E-state index in [0.29, 0.717) is 43.1 Å². The van der Waals surface area contributed by atoms with Gasteiger partial charge in [-0.25, -0.2) is 9.67 Å².